The Morgan fingerprint density at radius 2 is 2.00 bits per heavy atom. The van der Waals surface area contributed by atoms with Gasteiger partial charge in [-0.2, -0.15) is 13.2 Å². The molecule has 1 saturated heterocycles. The van der Waals surface area contributed by atoms with E-state index in [0.717, 1.165) is 12.1 Å². The van der Waals surface area contributed by atoms with E-state index in [1.165, 1.54) is 17.0 Å². The van der Waals surface area contributed by atoms with Crippen LogP contribution in [0.3, 0.4) is 0 Å². The molecule has 1 aliphatic rings. The lowest BCUT2D eigenvalue weighted by atomic mass is 10.1. The standard InChI is InChI=1S/C19H20F3N3O4/c1-11-6-15(29-24-11)8-17(27)25-10-14(26)7-16(25)18(28)23-9-12-2-4-13(5-3-12)19(20,21)22/h2-6,14,16,26H,7-10H2,1H3,(H,23,28)/t14-,16+/m1/s1. The van der Waals surface area contributed by atoms with Crippen molar-refractivity contribution in [2.45, 2.75) is 44.6 Å². The summed E-state index contributed by atoms with van der Waals surface area (Å²) in [5.74, 6) is -0.506. The van der Waals surface area contributed by atoms with Crippen LogP contribution in [-0.2, 0) is 28.7 Å². The van der Waals surface area contributed by atoms with Gasteiger partial charge in [0.05, 0.1) is 23.8 Å². The summed E-state index contributed by atoms with van der Waals surface area (Å²) in [4.78, 5) is 26.3. The molecule has 156 valence electrons. The van der Waals surface area contributed by atoms with E-state index < -0.39 is 29.8 Å². The first kappa shape index (κ1) is 20.8. The Balaban J connectivity index is 1.60. The number of β-amino-alcohol motifs (C(OH)–C–C–N with tert-alkyl or cyclic N) is 1. The molecule has 1 fully saturated rings. The Kier molecular flexibility index (Phi) is 5.92. The predicted octanol–water partition coefficient (Wildman–Crippen LogP) is 1.82. The number of carbonyl (C=O) groups is 2. The van der Waals surface area contributed by atoms with Crippen LogP contribution in [0.15, 0.2) is 34.9 Å². The maximum absolute atomic E-state index is 12.6. The third-order valence-electron chi connectivity index (χ3n) is 4.65. The van der Waals surface area contributed by atoms with Gasteiger partial charge in [0.15, 0.2) is 0 Å². The van der Waals surface area contributed by atoms with Gasteiger partial charge in [-0.05, 0) is 24.6 Å². The van der Waals surface area contributed by atoms with E-state index in [-0.39, 0.29) is 31.8 Å². The molecule has 0 radical (unpaired) electrons. The molecule has 0 unspecified atom stereocenters. The highest BCUT2D eigenvalue weighted by molar-refractivity contribution is 5.89. The number of benzene rings is 1. The lowest BCUT2D eigenvalue weighted by Gasteiger charge is -2.23. The predicted molar refractivity (Wildman–Crippen MR) is 94.4 cm³/mol. The van der Waals surface area contributed by atoms with E-state index in [1.807, 2.05) is 0 Å². The average molecular weight is 411 g/mol. The number of carbonyl (C=O) groups excluding carboxylic acids is 2. The molecule has 2 amide bonds. The van der Waals surface area contributed by atoms with E-state index in [2.05, 4.69) is 10.5 Å². The summed E-state index contributed by atoms with van der Waals surface area (Å²) in [6, 6.07) is 5.19. The van der Waals surface area contributed by atoms with Crippen LogP contribution in [0.5, 0.6) is 0 Å². The fraction of sp³-hybridized carbons (Fsp3) is 0.421. The van der Waals surface area contributed by atoms with E-state index in [0.29, 0.717) is 17.0 Å². The number of aliphatic hydroxyl groups is 1. The van der Waals surface area contributed by atoms with Crippen LogP contribution >= 0.6 is 0 Å². The molecule has 2 N–H and O–H groups in total. The molecule has 2 atom stereocenters. The van der Waals surface area contributed by atoms with Gasteiger partial charge in [-0.15, -0.1) is 0 Å². The van der Waals surface area contributed by atoms with Crippen molar-refractivity contribution in [3.05, 3.63) is 52.9 Å². The number of hydrogen-bond acceptors (Lipinski definition) is 5. The molecule has 2 aromatic rings. The molecular formula is C19H20F3N3O4. The van der Waals surface area contributed by atoms with Gasteiger partial charge >= 0.3 is 6.18 Å². The summed E-state index contributed by atoms with van der Waals surface area (Å²) in [6.45, 7) is 1.74. The van der Waals surface area contributed by atoms with Gasteiger partial charge in [0.1, 0.15) is 11.8 Å². The second kappa shape index (κ2) is 8.24. The molecule has 10 heteroatoms. The minimum atomic E-state index is -4.43. The molecule has 29 heavy (non-hydrogen) atoms. The van der Waals surface area contributed by atoms with Crippen molar-refractivity contribution in [1.29, 1.82) is 0 Å². The van der Waals surface area contributed by atoms with E-state index in [9.17, 15) is 27.9 Å². The maximum Gasteiger partial charge on any atom is 0.416 e. The first-order valence-corrected chi connectivity index (χ1v) is 8.97. The van der Waals surface area contributed by atoms with Gasteiger partial charge < -0.3 is 19.8 Å². The quantitative estimate of drug-likeness (QED) is 0.783. The Morgan fingerprint density at radius 1 is 1.31 bits per heavy atom. The number of nitrogens with zero attached hydrogens (tertiary/aromatic N) is 2. The molecule has 1 aromatic heterocycles. The minimum Gasteiger partial charge on any atom is -0.391 e. The van der Waals surface area contributed by atoms with Gasteiger partial charge in [0.25, 0.3) is 0 Å². The molecule has 1 aromatic carbocycles. The molecule has 2 heterocycles. The summed E-state index contributed by atoms with van der Waals surface area (Å²) in [7, 11) is 0. The molecule has 7 nitrogen and oxygen atoms in total. The zero-order valence-corrected chi connectivity index (χ0v) is 15.6. The fourth-order valence-electron chi connectivity index (χ4n) is 3.21. The molecule has 0 saturated carbocycles. The monoisotopic (exact) mass is 411 g/mol. The second-order valence-electron chi connectivity index (χ2n) is 6.98. The number of nitrogens with one attached hydrogen (secondary N) is 1. The molecule has 0 aliphatic carbocycles. The van der Waals surface area contributed by atoms with Crippen molar-refractivity contribution in [1.82, 2.24) is 15.4 Å². The average Bonchev–Trinajstić information content (AvgIpc) is 3.24. The van der Waals surface area contributed by atoms with Crippen molar-refractivity contribution in [2.75, 3.05) is 6.54 Å². The van der Waals surface area contributed by atoms with Crippen molar-refractivity contribution < 1.29 is 32.4 Å². The highest BCUT2D eigenvalue weighted by Crippen LogP contribution is 2.29. The van der Waals surface area contributed by atoms with Crippen LogP contribution in [0.2, 0.25) is 0 Å². The smallest absolute Gasteiger partial charge is 0.391 e. The number of aliphatic hydroxyl groups excluding tert-OH is 1. The van der Waals surface area contributed by atoms with Crippen LogP contribution in [0.1, 0.15) is 29.0 Å². The normalized spacial score (nSPS) is 19.4. The van der Waals surface area contributed by atoms with Crippen LogP contribution < -0.4 is 5.32 Å². The topological polar surface area (TPSA) is 95.7 Å². The van der Waals surface area contributed by atoms with Crippen molar-refractivity contribution in [2.24, 2.45) is 0 Å². The zero-order valence-electron chi connectivity index (χ0n) is 15.6. The Morgan fingerprint density at radius 3 is 2.59 bits per heavy atom. The maximum atomic E-state index is 12.6. The highest BCUT2D eigenvalue weighted by atomic mass is 19.4. The van der Waals surface area contributed by atoms with Gasteiger partial charge in [0.2, 0.25) is 11.8 Å². The third kappa shape index (κ3) is 5.14. The van der Waals surface area contributed by atoms with Crippen LogP contribution in [-0.4, -0.2) is 45.7 Å². The number of alkyl halides is 3. The van der Waals surface area contributed by atoms with Gasteiger partial charge in [-0.25, -0.2) is 0 Å². The summed E-state index contributed by atoms with van der Waals surface area (Å²) in [5, 5.41) is 16.2. The van der Waals surface area contributed by atoms with Crippen LogP contribution in [0.4, 0.5) is 13.2 Å². The Bertz CT molecular complexity index is 880. The number of halogens is 3. The first-order chi connectivity index (χ1) is 13.6. The number of rotatable bonds is 5. The first-order valence-electron chi connectivity index (χ1n) is 8.97. The summed E-state index contributed by atoms with van der Waals surface area (Å²) < 4.78 is 42.8. The molecule has 0 bridgehead atoms. The minimum absolute atomic E-state index is 0.00684. The fourth-order valence-corrected chi connectivity index (χ4v) is 3.21. The number of hydrogen-bond donors (Lipinski definition) is 2. The number of aryl methyl sites for hydroxylation is 1. The van der Waals surface area contributed by atoms with Gasteiger partial charge in [-0.3, -0.25) is 9.59 Å². The van der Waals surface area contributed by atoms with Gasteiger partial charge in [-0.1, -0.05) is 17.3 Å². The SMILES string of the molecule is Cc1cc(CC(=O)N2C[C@H](O)C[C@H]2C(=O)NCc2ccc(C(F)(F)F)cc2)on1. The van der Waals surface area contributed by atoms with E-state index in [1.54, 1.807) is 13.0 Å². The second-order valence-corrected chi connectivity index (χ2v) is 6.98. The van der Waals surface area contributed by atoms with Crippen molar-refractivity contribution in [3.8, 4) is 0 Å². The molecule has 3 rings (SSSR count). The van der Waals surface area contributed by atoms with E-state index >= 15 is 0 Å². The summed E-state index contributed by atoms with van der Waals surface area (Å²) in [5.41, 5.74) is 0.339. The zero-order chi connectivity index (χ0) is 21.2. The van der Waals surface area contributed by atoms with E-state index in [4.69, 9.17) is 4.52 Å². The highest BCUT2D eigenvalue weighted by Gasteiger charge is 2.39. The van der Waals surface area contributed by atoms with Crippen LogP contribution in [0, 0.1) is 6.92 Å². The number of aromatic nitrogens is 1. The number of likely N-dealkylation sites (tertiary alicyclic amines) is 1. The lowest BCUT2D eigenvalue weighted by molar-refractivity contribution is -0.138. The number of amides is 2. The van der Waals surface area contributed by atoms with Gasteiger partial charge in [0, 0.05) is 25.6 Å². The van der Waals surface area contributed by atoms with Crippen molar-refractivity contribution in [3.63, 3.8) is 0 Å². The molecule has 0 spiro atoms. The summed E-state index contributed by atoms with van der Waals surface area (Å²) in [6.07, 6.45) is -5.27. The Labute approximate surface area is 164 Å². The van der Waals surface area contributed by atoms with Crippen LogP contribution in [0.25, 0.3) is 0 Å². The summed E-state index contributed by atoms with van der Waals surface area (Å²) >= 11 is 0. The Hall–Kier alpha value is -2.88. The lowest BCUT2D eigenvalue weighted by Crippen LogP contribution is -2.46. The molecular weight excluding hydrogens is 391 g/mol. The molecule has 1 aliphatic heterocycles. The third-order valence-corrected chi connectivity index (χ3v) is 4.65. The van der Waals surface area contributed by atoms with Crippen molar-refractivity contribution >= 4 is 11.8 Å². The largest absolute Gasteiger partial charge is 0.416 e.